The van der Waals surface area contributed by atoms with Gasteiger partial charge in [0.05, 0.1) is 28.4 Å². The molecule has 2 aliphatic rings. The van der Waals surface area contributed by atoms with Gasteiger partial charge in [-0.1, -0.05) is 35.7 Å². The van der Waals surface area contributed by atoms with Crippen LogP contribution >= 0.6 is 23.5 Å². The number of hydrogen-bond acceptors (Lipinski definition) is 8. The fraction of sp³-hybridized carbons (Fsp3) is 0.130. The van der Waals surface area contributed by atoms with Gasteiger partial charge in [0.2, 0.25) is 17.9 Å². The van der Waals surface area contributed by atoms with Crippen molar-refractivity contribution in [3.05, 3.63) is 66.2 Å². The summed E-state index contributed by atoms with van der Waals surface area (Å²) in [5.74, 6) is 0.636. The summed E-state index contributed by atoms with van der Waals surface area (Å²) in [5.41, 5.74) is 0.502. The van der Waals surface area contributed by atoms with Crippen LogP contribution in [-0.2, 0) is 11.0 Å². The molecule has 182 valence electrons. The number of halogens is 3. The Labute approximate surface area is 210 Å². The molecule has 36 heavy (non-hydrogen) atoms. The first-order valence-electron chi connectivity index (χ1n) is 10.5. The highest BCUT2D eigenvalue weighted by atomic mass is 32.2. The number of ether oxygens (including phenoxy) is 2. The first kappa shape index (κ1) is 22.7. The molecule has 2 aliphatic heterocycles. The monoisotopic (exact) mass is 529 g/mol. The molecule has 0 atom stereocenters. The van der Waals surface area contributed by atoms with Crippen LogP contribution in [0.4, 0.5) is 24.5 Å². The van der Waals surface area contributed by atoms with Crippen LogP contribution in [0.2, 0.25) is 0 Å². The van der Waals surface area contributed by atoms with Crippen LogP contribution < -0.4 is 14.4 Å². The molecule has 0 bridgehead atoms. The number of benzene rings is 3. The number of tetrazole rings is 1. The van der Waals surface area contributed by atoms with Gasteiger partial charge in [0.25, 0.3) is 0 Å². The molecule has 0 fully saturated rings. The van der Waals surface area contributed by atoms with E-state index in [-0.39, 0.29) is 18.2 Å². The van der Waals surface area contributed by atoms with Crippen molar-refractivity contribution < 1.29 is 27.4 Å². The second-order valence-corrected chi connectivity index (χ2v) is 9.70. The van der Waals surface area contributed by atoms with Crippen molar-refractivity contribution in [2.24, 2.45) is 0 Å². The Morgan fingerprint density at radius 3 is 2.67 bits per heavy atom. The first-order chi connectivity index (χ1) is 17.4. The van der Waals surface area contributed by atoms with Crippen LogP contribution in [0.25, 0.3) is 5.69 Å². The lowest BCUT2D eigenvalue weighted by molar-refractivity contribution is -0.137. The number of amides is 1. The second kappa shape index (κ2) is 8.75. The van der Waals surface area contributed by atoms with Crippen molar-refractivity contribution in [3.63, 3.8) is 0 Å². The van der Waals surface area contributed by atoms with Gasteiger partial charge in [-0.25, -0.2) is 0 Å². The van der Waals surface area contributed by atoms with E-state index in [1.54, 1.807) is 30.3 Å². The van der Waals surface area contributed by atoms with Crippen LogP contribution in [0.15, 0.2) is 75.6 Å². The Hall–Kier alpha value is -3.71. The summed E-state index contributed by atoms with van der Waals surface area (Å²) >= 11 is 2.40. The number of carbonyl (C=O) groups is 1. The number of thioether (sulfide) groups is 1. The molecule has 13 heteroatoms. The lowest BCUT2D eigenvalue weighted by Gasteiger charge is -2.31. The lowest BCUT2D eigenvalue weighted by atomic mass is 10.1. The molecule has 0 unspecified atom stereocenters. The van der Waals surface area contributed by atoms with E-state index in [1.165, 1.54) is 27.4 Å². The van der Waals surface area contributed by atoms with Gasteiger partial charge < -0.3 is 9.47 Å². The summed E-state index contributed by atoms with van der Waals surface area (Å²) in [5, 5.41) is 12.1. The van der Waals surface area contributed by atoms with Crippen molar-refractivity contribution in [1.29, 1.82) is 0 Å². The lowest BCUT2D eigenvalue weighted by Crippen LogP contribution is -2.30. The number of rotatable bonds is 4. The average molecular weight is 530 g/mol. The van der Waals surface area contributed by atoms with Gasteiger partial charge in [0.1, 0.15) is 0 Å². The maximum atomic E-state index is 13.5. The Kier molecular flexibility index (Phi) is 5.52. The molecule has 1 aromatic heterocycles. The number of fused-ring (bicyclic) bond motifs is 3. The van der Waals surface area contributed by atoms with E-state index in [4.69, 9.17) is 9.47 Å². The van der Waals surface area contributed by atoms with E-state index in [1.807, 2.05) is 12.1 Å². The summed E-state index contributed by atoms with van der Waals surface area (Å²) in [6.45, 7) is 0.123. The van der Waals surface area contributed by atoms with E-state index in [0.717, 1.165) is 28.8 Å². The number of para-hydroxylation sites is 1. The van der Waals surface area contributed by atoms with E-state index in [9.17, 15) is 18.0 Å². The summed E-state index contributed by atoms with van der Waals surface area (Å²) in [6.07, 6.45) is -4.53. The number of aromatic nitrogens is 4. The molecule has 0 saturated carbocycles. The zero-order valence-corrected chi connectivity index (χ0v) is 19.7. The summed E-state index contributed by atoms with van der Waals surface area (Å²) in [6, 6.07) is 15.7. The molecular weight excluding hydrogens is 515 g/mol. The minimum atomic E-state index is -4.53. The molecule has 3 aromatic carbocycles. The molecule has 1 amide bonds. The highest BCUT2D eigenvalue weighted by molar-refractivity contribution is 8.00. The van der Waals surface area contributed by atoms with Crippen LogP contribution in [0.3, 0.4) is 0 Å². The van der Waals surface area contributed by atoms with E-state index < -0.39 is 17.6 Å². The SMILES string of the molecule is O=C(CSc1nnnn1-c1ccc2c(c1)OCO2)N1c2ccccc2Sc2ccc(C(F)(F)F)cc21. The summed E-state index contributed by atoms with van der Waals surface area (Å²) in [7, 11) is 0. The van der Waals surface area contributed by atoms with E-state index in [2.05, 4.69) is 15.5 Å². The smallest absolute Gasteiger partial charge is 0.416 e. The topological polar surface area (TPSA) is 82.4 Å². The van der Waals surface area contributed by atoms with Crippen molar-refractivity contribution in [2.75, 3.05) is 17.4 Å². The number of hydrogen-bond donors (Lipinski definition) is 0. The van der Waals surface area contributed by atoms with Crippen LogP contribution in [0.5, 0.6) is 11.5 Å². The van der Waals surface area contributed by atoms with Crippen molar-refractivity contribution in [3.8, 4) is 17.2 Å². The van der Waals surface area contributed by atoms with Crippen molar-refractivity contribution in [1.82, 2.24) is 20.2 Å². The number of anilines is 2. The quantitative estimate of drug-likeness (QED) is 0.328. The Bertz CT molecular complexity index is 1490. The molecule has 8 nitrogen and oxygen atoms in total. The predicted molar refractivity (Wildman–Crippen MR) is 125 cm³/mol. The molecule has 0 saturated heterocycles. The Morgan fingerprint density at radius 1 is 1.00 bits per heavy atom. The Balaban J connectivity index is 1.30. The van der Waals surface area contributed by atoms with E-state index in [0.29, 0.717) is 32.9 Å². The third-order valence-corrected chi connectivity index (χ3v) is 7.50. The average Bonchev–Trinajstić information content (AvgIpc) is 3.53. The predicted octanol–water partition coefficient (Wildman–Crippen LogP) is 5.33. The van der Waals surface area contributed by atoms with Gasteiger partial charge in [-0.15, -0.1) is 5.10 Å². The van der Waals surface area contributed by atoms with Crippen molar-refractivity contribution >= 4 is 40.8 Å². The summed E-state index contributed by atoms with van der Waals surface area (Å²) < 4.78 is 52.5. The maximum Gasteiger partial charge on any atom is 0.416 e. The fourth-order valence-corrected chi connectivity index (χ4v) is 5.62. The summed E-state index contributed by atoms with van der Waals surface area (Å²) in [4.78, 5) is 16.1. The van der Waals surface area contributed by atoms with Gasteiger partial charge in [-0.2, -0.15) is 17.9 Å². The highest BCUT2D eigenvalue weighted by Gasteiger charge is 2.35. The minimum Gasteiger partial charge on any atom is -0.454 e. The second-order valence-electron chi connectivity index (χ2n) is 7.68. The largest absolute Gasteiger partial charge is 0.454 e. The highest BCUT2D eigenvalue weighted by Crippen LogP contribution is 2.49. The number of nitrogens with zero attached hydrogens (tertiary/aromatic N) is 5. The third kappa shape index (κ3) is 4.03. The zero-order chi connectivity index (χ0) is 24.9. The van der Waals surface area contributed by atoms with Crippen molar-refractivity contribution in [2.45, 2.75) is 21.1 Å². The third-order valence-electron chi connectivity index (χ3n) is 5.47. The van der Waals surface area contributed by atoms with Gasteiger partial charge in [0.15, 0.2) is 11.5 Å². The van der Waals surface area contributed by atoms with Crippen LogP contribution in [0, 0.1) is 0 Å². The van der Waals surface area contributed by atoms with E-state index >= 15 is 0 Å². The first-order valence-corrected chi connectivity index (χ1v) is 12.3. The molecule has 0 spiro atoms. The standard InChI is InChI=1S/C23H14F3N5O3S2/c24-23(25,26)13-5-8-20-16(9-13)30(15-3-1-2-4-19(15)36-20)21(32)11-35-22-27-28-29-31(22)14-6-7-17-18(10-14)34-12-33-17/h1-10H,11-12H2. The molecule has 0 radical (unpaired) electrons. The molecule has 0 N–H and O–H groups in total. The van der Waals surface area contributed by atoms with Crippen LogP contribution in [0.1, 0.15) is 5.56 Å². The zero-order valence-electron chi connectivity index (χ0n) is 18.1. The van der Waals surface area contributed by atoms with Crippen LogP contribution in [-0.4, -0.2) is 38.7 Å². The molecule has 0 aliphatic carbocycles. The normalized spacial score (nSPS) is 13.9. The fourth-order valence-electron chi connectivity index (χ4n) is 3.84. The maximum absolute atomic E-state index is 13.5. The van der Waals surface area contributed by atoms with Gasteiger partial charge in [0, 0.05) is 15.9 Å². The van der Waals surface area contributed by atoms with Gasteiger partial charge in [-0.05, 0) is 52.9 Å². The molecular formula is C23H14F3N5O3S2. The van der Waals surface area contributed by atoms with Gasteiger partial charge >= 0.3 is 6.18 Å². The molecule has 6 rings (SSSR count). The molecule has 3 heterocycles. The minimum absolute atomic E-state index is 0.111. The van der Waals surface area contributed by atoms with Gasteiger partial charge in [-0.3, -0.25) is 9.69 Å². The molecule has 4 aromatic rings. The number of carbonyl (C=O) groups excluding carboxylic acids is 1. The number of alkyl halides is 3. The Morgan fingerprint density at radius 2 is 1.81 bits per heavy atom.